The molecule has 1 aliphatic rings. The topological polar surface area (TPSA) is 40.5 Å². The molecule has 4 heteroatoms. The van der Waals surface area contributed by atoms with E-state index in [4.69, 9.17) is 5.11 Å². The van der Waals surface area contributed by atoms with E-state index in [0.29, 0.717) is 17.7 Å². The minimum absolute atomic E-state index is 0.264. The highest BCUT2D eigenvalue weighted by Crippen LogP contribution is 2.20. The number of carboxylic acid groups (broad SMARTS) is 1. The van der Waals surface area contributed by atoms with Crippen molar-refractivity contribution in [3.05, 3.63) is 41.2 Å². The smallest absolute Gasteiger partial charge is 0.328 e. The molecule has 1 heterocycles. The second kappa shape index (κ2) is 7.36. The van der Waals surface area contributed by atoms with Crippen molar-refractivity contribution in [1.29, 1.82) is 0 Å². The molecule has 1 N–H and O–H groups in total. The van der Waals surface area contributed by atoms with Crippen LogP contribution in [0.5, 0.6) is 0 Å². The van der Waals surface area contributed by atoms with Gasteiger partial charge in [0, 0.05) is 18.2 Å². The molecular weight excluding hydrogens is 269 g/mol. The highest BCUT2D eigenvalue weighted by atomic mass is 19.1. The number of hydrogen-bond acceptors (Lipinski definition) is 2. The summed E-state index contributed by atoms with van der Waals surface area (Å²) in [5, 5.41) is 8.58. The first-order valence-electron chi connectivity index (χ1n) is 7.46. The standard InChI is InChI=1S/C17H22FNO2/c1-13-3-2-9-19(10-8-13)12-15-6-4-14(11-16(15)18)5-7-17(20)21/h4-7,11,13H,2-3,8-10,12H2,1H3,(H,20,21). The first-order chi connectivity index (χ1) is 10.0. The van der Waals surface area contributed by atoms with Crippen LogP contribution in [0.3, 0.4) is 0 Å². The van der Waals surface area contributed by atoms with Gasteiger partial charge in [-0.15, -0.1) is 0 Å². The van der Waals surface area contributed by atoms with Crippen LogP contribution in [0.15, 0.2) is 24.3 Å². The van der Waals surface area contributed by atoms with Gasteiger partial charge in [0.15, 0.2) is 0 Å². The minimum Gasteiger partial charge on any atom is -0.478 e. The van der Waals surface area contributed by atoms with Crippen LogP contribution in [0.1, 0.15) is 37.3 Å². The number of carboxylic acids is 1. The van der Waals surface area contributed by atoms with Crippen molar-refractivity contribution in [2.45, 2.75) is 32.7 Å². The quantitative estimate of drug-likeness (QED) is 0.863. The number of rotatable bonds is 4. The van der Waals surface area contributed by atoms with Crippen molar-refractivity contribution < 1.29 is 14.3 Å². The molecule has 1 aromatic carbocycles. The summed E-state index contributed by atoms with van der Waals surface area (Å²) >= 11 is 0. The van der Waals surface area contributed by atoms with Crippen molar-refractivity contribution in [3.8, 4) is 0 Å². The maximum Gasteiger partial charge on any atom is 0.328 e. The zero-order chi connectivity index (χ0) is 15.2. The highest BCUT2D eigenvalue weighted by Gasteiger charge is 2.15. The Morgan fingerprint density at radius 2 is 2.24 bits per heavy atom. The third-order valence-corrected chi connectivity index (χ3v) is 4.00. The van der Waals surface area contributed by atoms with Gasteiger partial charge in [0.25, 0.3) is 0 Å². The Bertz CT molecular complexity index is 528. The van der Waals surface area contributed by atoms with Gasteiger partial charge >= 0.3 is 5.97 Å². The van der Waals surface area contributed by atoms with Crippen molar-refractivity contribution in [2.24, 2.45) is 5.92 Å². The fourth-order valence-electron chi connectivity index (χ4n) is 2.68. The first kappa shape index (κ1) is 15.7. The SMILES string of the molecule is CC1CCCN(Cc2ccc(C=CC(=O)O)cc2F)CC1. The van der Waals surface area contributed by atoms with Gasteiger partial charge in [0.2, 0.25) is 0 Å². The molecule has 0 amide bonds. The van der Waals surface area contributed by atoms with Crippen LogP contribution >= 0.6 is 0 Å². The molecule has 0 aliphatic carbocycles. The van der Waals surface area contributed by atoms with E-state index in [1.807, 2.05) is 0 Å². The lowest BCUT2D eigenvalue weighted by molar-refractivity contribution is -0.131. The number of halogens is 1. The fraction of sp³-hybridized carbons (Fsp3) is 0.471. The van der Waals surface area contributed by atoms with Gasteiger partial charge in [-0.1, -0.05) is 19.1 Å². The summed E-state index contributed by atoms with van der Waals surface area (Å²) in [6, 6.07) is 4.92. The Kier molecular flexibility index (Phi) is 5.51. The molecule has 0 radical (unpaired) electrons. The van der Waals surface area contributed by atoms with Crippen LogP contribution in [0.4, 0.5) is 4.39 Å². The molecule has 2 rings (SSSR count). The van der Waals surface area contributed by atoms with E-state index >= 15 is 0 Å². The molecule has 0 aromatic heterocycles. The summed E-state index contributed by atoms with van der Waals surface area (Å²) in [5.41, 5.74) is 1.25. The van der Waals surface area contributed by atoms with Crippen LogP contribution < -0.4 is 0 Å². The Morgan fingerprint density at radius 1 is 1.43 bits per heavy atom. The summed E-state index contributed by atoms with van der Waals surface area (Å²) in [4.78, 5) is 12.8. The zero-order valence-corrected chi connectivity index (χ0v) is 12.4. The van der Waals surface area contributed by atoms with Gasteiger partial charge in [0.05, 0.1) is 0 Å². The first-order valence-corrected chi connectivity index (χ1v) is 7.46. The summed E-state index contributed by atoms with van der Waals surface area (Å²) in [5.74, 6) is -0.540. The largest absolute Gasteiger partial charge is 0.478 e. The molecule has 1 fully saturated rings. The van der Waals surface area contributed by atoms with Gasteiger partial charge in [-0.3, -0.25) is 4.90 Å². The number of nitrogens with zero attached hydrogens (tertiary/aromatic N) is 1. The summed E-state index contributed by atoms with van der Waals surface area (Å²) in [6.45, 7) is 4.93. The lowest BCUT2D eigenvalue weighted by atomic mass is 10.0. The fourth-order valence-corrected chi connectivity index (χ4v) is 2.68. The number of hydrogen-bond donors (Lipinski definition) is 1. The highest BCUT2D eigenvalue weighted by molar-refractivity contribution is 5.85. The average molecular weight is 291 g/mol. The second-order valence-corrected chi connectivity index (χ2v) is 5.83. The van der Waals surface area contributed by atoms with Gasteiger partial charge in [0.1, 0.15) is 5.82 Å². The number of carbonyl (C=O) groups is 1. The van der Waals surface area contributed by atoms with Crippen molar-refractivity contribution in [1.82, 2.24) is 4.90 Å². The maximum absolute atomic E-state index is 14.1. The van der Waals surface area contributed by atoms with Crippen LogP contribution in [0.2, 0.25) is 0 Å². The summed E-state index contributed by atoms with van der Waals surface area (Å²) in [6.07, 6.45) is 6.01. The van der Waals surface area contributed by atoms with Crippen molar-refractivity contribution in [3.63, 3.8) is 0 Å². The van der Waals surface area contributed by atoms with E-state index in [9.17, 15) is 9.18 Å². The van der Waals surface area contributed by atoms with Gasteiger partial charge in [-0.05, 0) is 56.0 Å². The number of aliphatic carboxylic acids is 1. The molecule has 0 saturated carbocycles. The van der Waals surface area contributed by atoms with Crippen LogP contribution in [0.25, 0.3) is 6.08 Å². The average Bonchev–Trinajstić information content (AvgIpc) is 2.64. The third-order valence-electron chi connectivity index (χ3n) is 4.00. The molecular formula is C17H22FNO2. The van der Waals surface area contributed by atoms with Crippen LogP contribution in [-0.4, -0.2) is 29.1 Å². The second-order valence-electron chi connectivity index (χ2n) is 5.83. The maximum atomic E-state index is 14.1. The molecule has 3 nitrogen and oxygen atoms in total. The molecule has 1 saturated heterocycles. The van der Waals surface area contributed by atoms with E-state index in [2.05, 4.69) is 11.8 Å². The van der Waals surface area contributed by atoms with E-state index in [-0.39, 0.29) is 5.82 Å². The normalized spacial score (nSPS) is 20.6. The van der Waals surface area contributed by atoms with Crippen molar-refractivity contribution >= 4 is 12.0 Å². The van der Waals surface area contributed by atoms with E-state index < -0.39 is 5.97 Å². The zero-order valence-electron chi connectivity index (χ0n) is 12.4. The number of likely N-dealkylation sites (tertiary alicyclic amines) is 1. The van der Waals surface area contributed by atoms with Gasteiger partial charge < -0.3 is 5.11 Å². The van der Waals surface area contributed by atoms with Crippen LogP contribution in [-0.2, 0) is 11.3 Å². The Morgan fingerprint density at radius 3 is 2.95 bits per heavy atom. The van der Waals surface area contributed by atoms with Gasteiger partial charge in [-0.25, -0.2) is 9.18 Å². The van der Waals surface area contributed by atoms with Gasteiger partial charge in [-0.2, -0.15) is 0 Å². The summed E-state index contributed by atoms with van der Waals surface area (Å²) in [7, 11) is 0. The Labute approximate surface area is 125 Å². The Balaban J connectivity index is 2.02. The minimum atomic E-state index is -1.03. The van der Waals surface area contributed by atoms with E-state index in [0.717, 1.165) is 25.1 Å². The molecule has 1 aromatic rings. The molecule has 0 bridgehead atoms. The third kappa shape index (κ3) is 4.97. The predicted octanol–water partition coefficient (Wildman–Crippen LogP) is 3.55. The molecule has 1 unspecified atom stereocenters. The van der Waals surface area contributed by atoms with E-state index in [1.54, 1.807) is 12.1 Å². The molecule has 114 valence electrons. The molecule has 21 heavy (non-hydrogen) atoms. The lowest BCUT2D eigenvalue weighted by Crippen LogP contribution is -2.24. The molecule has 0 spiro atoms. The number of benzene rings is 1. The Hall–Kier alpha value is -1.68. The monoisotopic (exact) mass is 291 g/mol. The van der Waals surface area contributed by atoms with Crippen molar-refractivity contribution in [2.75, 3.05) is 13.1 Å². The summed E-state index contributed by atoms with van der Waals surface area (Å²) < 4.78 is 14.1. The lowest BCUT2D eigenvalue weighted by Gasteiger charge is -2.20. The molecule has 1 aliphatic heterocycles. The van der Waals surface area contributed by atoms with Crippen LogP contribution in [0, 0.1) is 11.7 Å². The van der Waals surface area contributed by atoms with E-state index in [1.165, 1.54) is 31.4 Å². The molecule has 1 atom stereocenters. The predicted molar refractivity (Wildman–Crippen MR) is 81.4 cm³/mol.